The van der Waals surface area contributed by atoms with Gasteiger partial charge in [0.15, 0.2) is 0 Å². The van der Waals surface area contributed by atoms with E-state index in [0.717, 1.165) is 52.0 Å². The third kappa shape index (κ3) is 4.70. The van der Waals surface area contributed by atoms with Gasteiger partial charge in [0.2, 0.25) is 5.91 Å². The molecule has 0 bridgehead atoms. The first-order chi connectivity index (χ1) is 11.6. The number of amides is 1. The lowest BCUT2D eigenvalue weighted by Crippen LogP contribution is -2.51. The van der Waals surface area contributed by atoms with Gasteiger partial charge in [-0.1, -0.05) is 6.42 Å². The second-order valence-corrected chi connectivity index (χ2v) is 8.26. The molecule has 1 atom stereocenters. The van der Waals surface area contributed by atoms with E-state index in [2.05, 4.69) is 16.8 Å². The Balaban J connectivity index is 1.39. The van der Waals surface area contributed by atoms with Crippen molar-refractivity contribution < 1.29 is 9.90 Å². The summed E-state index contributed by atoms with van der Waals surface area (Å²) in [6, 6.07) is 0.583. The lowest BCUT2D eigenvalue weighted by Gasteiger charge is -2.40. The molecule has 24 heavy (non-hydrogen) atoms. The van der Waals surface area contributed by atoms with Crippen LogP contribution in [0.3, 0.4) is 0 Å². The zero-order valence-electron chi connectivity index (χ0n) is 15.4. The number of carbonyl (C=O) groups is 1. The van der Waals surface area contributed by atoms with Crippen molar-refractivity contribution in [2.75, 3.05) is 46.3 Å². The quantitative estimate of drug-likeness (QED) is 0.829. The fourth-order valence-corrected chi connectivity index (χ4v) is 4.64. The van der Waals surface area contributed by atoms with E-state index in [1.807, 2.05) is 4.90 Å². The topological polar surface area (TPSA) is 47.0 Å². The molecule has 5 nitrogen and oxygen atoms in total. The molecule has 3 heterocycles. The third-order valence-electron chi connectivity index (χ3n) is 6.38. The molecule has 3 aliphatic rings. The van der Waals surface area contributed by atoms with Gasteiger partial charge >= 0.3 is 0 Å². The number of β-amino-alcohol motifs (C(OH)–C–C–N with tert-alkyl or cyclic N) is 1. The molecule has 0 radical (unpaired) electrons. The third-order valence-corrected chi connectivity index (χ3v) is 6.38. The maximum Gasteiger partial charge on any atom is 0.222 e. The van der Waals surface area contributed by atoms with Gasteiger partial charge in [-0.15, -0.1) is 0 Å². The van der Waals surface area contributed by atoms with E-state index in [-0.39, 0.29) is 5.91 Å². The molecule has 3 rings (SSSR count). The van der Waals surface area contributed by atoms with E-state index in [0.29, 0.717) is 12.5 Å². The summed E-state index contributed by atoms with van der Waals surface area (Å²) in [5, 5.41) is 10.8. The van der Waals surface area contributed by atoms with Crippen molar-refractivity contribution in [2.45, 2.75) is 69.4 Å². The highest BCUT2D eigenvalue weighted by Crippen LogP contribution is 2.26. The predicted molar refractivity (Wildman–Crippen MR) is 95.9 cm³/mol. The Hall–Kier alpha value is -0.650. The van der Waals surface area contributed by atoms with Crippen molar-refractivity contribution in [3.63, 3.8) is 0 Å². The van der Waals surface area contributed by atoms with Gasteiger partial charge in [0.1, 0.15) is 0 Å². The molecule has 5 heteroatoms. The van der Waals surface area contributed by atoms with Crippen molar-refractivity contribution in [1.82, 2.24) is 14.7 Å². The van der Waals surface area contributed by atoms with Crippen LogP contribution in [0.1, 0.15) is 57.8 Å². The Morgan fingerprint density at radius 1 is 1.04 bits per heavy atom. The van der Waals surface area contributed by atoms with Crippen LogP contribution in [0.4, 0.5) is 0 Å². The van der Waals surface area contributed by atoms with Crippen LogP contribution in [0.5, 0.6) is 0 Å². The zero-order chi connectivity index (χ0) is 17.0. The van der Waals surface area contributed by atoms with E-state index in [9.17, 15) is 9.90 Å². The Morgan fingerprint density at radius 3 is 2.38 bits per heavy atom. The van der Waals surface area contributed by atoms with Crippen LogP contribution in [0.25, 0.3) is 0 Å². The van der Waals surface area contributed by atoms with Gasteiger partial charge in [-0.25, -0.2) is 0 Å². The SMILES string of the molecule is CN1CCCC[C@H]1CCC(=O)N1CCC(O)(CN2CCCC2)CC1. The molecule has 3 aliphatic heterocycles. The summed E-state index contributed by atoms with van der Waals surface area (Å²) < 4.78 is 0. The van der Waals surface area contributed by atoms with Gasteiger partial charge in [-0.2, -0.15) is 0 Å². The number of rotatable bonds is 5. The van der Waals surface area contributed by atoms with Crippen molar-refractivity contribution in [1.29, 1.82) is 0 Å². The summed E-state index contributed by atoms with van der Waals surface area (Å²) in [5.41, 5.74) is -0.579. The second kappa shape index (κ2) is 8.15. The van der Waals surface area contributed by atoms with Crippen LogP contribution in [0.15, 0.2) is 0 Å². The molecule has 0 aromatic heterocycles. The van der Waals surface area contributed by atoms with E-state index in [1.165, 1.54) is 38.6 Å². The van der Waals surface area contributed by atoms with Crippen LogP contribution in [0, 0.1) is 0 Å². The van der Waals surface area contributed by atoms with Crippen LogP contribution < -0.4 is 0 Å². The number of likely N-dealkylation sites (tertiary alicyclic amines) is 3. The molecule has 1 amide bonds. The minimum Gasteiger partial charge on any atom is -0.388 e. The Morgan fingerprint density at radius 2 is 1.71 bits per heavy atom. The first-order valence-corrected chi connectivity index (χ1v) is 9.98. The maximum absolute atomic E-state index is 12.5. The highest BCUT2D eigenvalue weighted by Gasteiger charge is 2.36. The van der Waals surface area contributed by atoms with Gasteiger partial charge in [0, 0.05) is 32.1 Å². The summed E-state index contributed by atoms with van der Waals surface area (Å²) in [6.45, 7) is 5.67. The van der Waals surface area contributed by atoms with Crippen molar-refractivity contribution in [2.24, 2.45) is 0 Å². The molecular weight excluding hydrogens is 302 g/mol. The monoisotopic (exact) mass is 337 g/mol. The molecule has 0 aromatic rings. The number of piperidine rings is 2. The zero-order valence-corrected chi connectivity index (χ0v) is 15.4. The van der Waals surface area contributed by atoms with Gasteiger partial charge in [0.05, 0.1) is 5.60 Å². The number of aliphatic hydroxyl groups is 1. The van der Waals surface area contributed by atoms with E-state index < -0.39 is 5.60 Å². The fraction of sp³-hybridized carbons (Fsp3) is 0.947. The molecule has 0 aromatic carbocycles. The lowest BCUT2D eigenvalue weighted by atomic mass is 9.90. The van der Waals surface area contributed by atoms with Gasteiger partial charge in [-0.3, -0.25) is 4.79 Å². The Labute approximate surface area is 147 Å². The Kier molecular flexibility index (Phi) is 6.17. The molecule has 0 aliphatic carbocycles. The fourth-order valence-electron chi connectivity index (χ4n) is 4.64. The molecule has 3 fully saturated rings. The van der Waals surface area contributed by atoms with E-state index in [1.54, 1.807) is 0 Å². The largest absolute Gasteiger partial charge is 0.388 e. The van der Waals surface area contributed by atoms with Gasteiger partial charge in [-0.05, 0) is 71.6 Å². The van der Waals surface area contributed by atoms with Crippen LogP contribution in [0.2, 0.25) is 0 Å². The van der Waals surface area contributed by atoms with Crippen molar-refractivity contribution in [3.05, 3.63) is 0 Å². The first-order valence-electron chi connectivity index (χ1n) is 9.98. The van der Waals surface area contributed by atoms with Crippen LogP contribution in [-0.4, -0.2) is 83.7 Å². The lowest BCUT2D eigenvalue weighted by molar-refractivity contribution is -0.136. The standard InChI is InChI=1S/C19H35N3O2/c1-20-11-3-2-6-17(20)7-8-18(23)22-14-9-19(24,10-15-22)16-21-12-4-5-13-21/h17,24H,2-16H2,1H3/t17-/m0/s1. The maximum atomic E-state index is 12.5. The van der Waals surface area contributed by atoms with Crippen molar-refractivity contribution >= 4 is 5.91 Å². The molecule has 0 spiro atoms. The van der Waals surface area contributed by atoms with Crippen LogP contribution >= 0.6 is 0 Å². The summed E-state index contributed by atoms with van der Waals surface area (Å²) in [7, 11) is 2.19. The van der Waals surface area contributed by atoms with Gasteiger partial charge in [0.25, 0.3) is 0 Å². The Bertz CT molecular complexity index is 415. The van der Waals surface area contributed by atoms with Gasteiger partial charge < -0.3 is 19.8 Å². The first kappa shape index (κ1) is 18.2. The molecule has 1 N–H and O–H groups in total. The van der Waals surface area contributed by atoms with Crippen LogP contribution in [-0.2, 0) is 4.79 Å². The molecular formula is C19H35N3O2. The normalized spacial score (nSPS) is 29.1. The average molecular weight is 338 g/mol. The summed E-state index contributed by atoms with van der Waals surface area (Å²) >= 11 is 0. The summed E-state index contributed by atoms with van der Waals surface area (Å²) in [6.07, 6.45) is 9.48. The average Bonchev–Trinajstić information content (AvgIpc) is 3.07. The highest BCUT2D eigenvalue weighted by atomic mass is 16.3. The molecule has 138 valence electrons. The molecule has 3 saturated heterocycles. The molecule has 0 unspecified atom stereocenters. The van der Waals surface area contributed by atoms with Crippen molar-refractivity contribution in [3.8, 4) is 0 Å². The predicted octanol–water partition coefficient (Wildman–Crippen LogP) is 1.70. The molecule has 0 saturated carbocycles. The smallest absolute Gasteiger partial charge is 0.222 e. The summed E-state index contributed by atoms with van der Waals surface area (Å²) in [5.74, 6) is 0.289. The number of nitrogens with zero attached hydrogens (tertiary/aromatic N) is 3. The summed E-state index contributed by atoms with van der Waals surface area (Å²) in [4.78, 5) is 19.3. The van der Waals surface area contributed by atoms with E-state index >= 15 is 0 Å². The minimum absolute atomic E-state index is 0.289. The second-order valence-electron chi connectivity index (χ2n) is 8.26. The highest BCUT2D eigenvalue weighted by molar-refractivity contribution is 5.76. The number of carbonyl (C=O) groups excluding carboxylic acids is 1. The minimum atomic E-state index is -0.579. The number of hydrogen-bond donors (Lipinski definition) is 1. The number of hydrogen-bond acceptors (Lipinski definition) is 4. The van der Waals surface area contributed by atoms with E-state index in [4.69, 9.17) is 0 Å².